The highest BCUT2D eigenvalue weighted by Crippen LogP contribution is 2.37. The Balaban J connectivity index is 0.000000228. The van der Waals surface area contributed by atoms with Crippen molar-refractivity contribution in [3.05, 3.63) is 93.1 Å². The molecule has 6 saturated heterocycles. The summed E-state index contributed by atoms with van der Waals surface area (Å²) in [7, 11) is 3.38. The maximum atomic E-state index is 13.2. The highest BCUT2D eigenvalue weighted by molar-refractivity contribution is 7.10. The molecule has 2 atom stereocenters. The number of piperidine rings is 6. The number of thiophene rings is 2. The van der Waals surface area contributed by atoms with E-state index in [0.717, 1.165) is 121 Å². The van der Waals surface area contributed by atoms with E-state index in [9.17, 15) is 9.59 Å². The zero-order valence-corrected chi connectivity index (χ0v) is 40.9. The van der Waals surface area contributed by atoms with Crippen molar-refractivity contribution >= 4 is 47.8 Å². The maximum Gasteiger partial charge on any atom is 0.411 e. The van der Waals surface area contributed by atoms with Gasteiger partial charge in [-0.3, -0.25) is 9.80 Å². The molecule has 0 N–H and O–H groups in total. The van der Waals surface area contributed by atoms with E-state index in [4.69, 9.17) is 57.1 Å². The predicted molar refractivity (Wildman–Crippen MR) is 248 cm³/mol. The van der Waals surface area contributed by atoms with Gasteiger partial charge in [0.15, 0.2) is 12.2 Å². The lowest BCUT2D eigenvalue weighted by Crippen LogP contribution is -2.65. The molecule has 0 aliphatic carbocycles. The van der Waals surface area contributed by atoms with Crippen molar-refractivity contribution in [3.63, 3.8) is 0 Å². The minimum atomic E-state index is -0.500. The number of quaternary nitrogens is 2. The summed E-state index contributed by atoms with van der Waals surface area (Å²) >= 11 is 3.29. The van der Waals surface area contributed by atoms with Crippen LogP contribution < -0.4 is 10.2 Å². The Kier molecular flexibility index (Phi) is 23.3. The standard InChI is InChI=1S/2C23H33N2O5S.2CH2O2/c2*1-27-13-14-28-12-10-25-8-6-19(7-9-25)22(18-25)30-23(26)24(16-20-4-2-11-29-20)17-21-5-3-15-31-21;2*2-1-3/h2*2-5,11,15,19,22H,6-10,12-14,16-18H2,1H3;2*1H,(H,2,3)/q2*+1;;/p-2/t2*19?,22-,25?;;/m00../s1. The summed E-state index contributed by atoms with van der Waals surface area (Å²) in [6.45, 7) is 13.1. The third-order valence-corrected chi connectivity index (χ3v) is 14.8. The number of amides is 2. The van der Waals surface area contributed by atoms with Crippen molar-refractivity contribution in [3.8, 4) is 0 Å². The highest BCUT2D eigenvalue weighted by Gasteiger charge is 2.49. The molecule has 376 valence electrons. The normalized spacial score (nSPS) is 23.1. The van der Waals surface area contributed by atoms with Crippen LogP contribution in [-0.2, 0) is 64.2 Å². The molecule has 6 aliphatic heterocycles. The average Bonchev–Trinajstić information content (AvgIpc) is 4.22. The Bertz CT molecular complexity index is 1740. The third-order valence-electron chi connectivity index (χ3n) is 13.1. The Hall–Kier alpha value is -4.80. The molecule has 0 unspecified atom stereocenters. The summed E-state index contributed by atoms with van der Waals surface area (Å²) in [5, 5.41) is 20.6. The quantitative estimate of drug-likeness (QED) is 0.0615. The minimum absolute atomic E-state index is 0.0311. The van der Waals surface area contributed by atoms with E-state index in [1.165, 1.54) is 0 Å². The first-order valence-corrected chi connectivity index (χ1v) is 24.9. The van der Waals surface area contributed by atoms with E-state index in [1.54, 1.807) is 59.2 Å². The number of rotatable bonds is 22. The monoisotopic (exact) mass is 988 g/mol. The van der Waals surface area contributed by atoms with E-state index in [2.05, 4.69) is 0 Å². The first-order chi connectivity index (χ1) is 33.2. The Morgan fingerprint density at radius 2 is 1.01 bits per heavy atom. The molecule has 68 heavy (non-hydrogen) atoms. The lowest BCUT2D eigenvalue weighted by molar-refractivity contribution is -0.946. The molecule has 10 heterocycles. The molecule has 0 radical (unpaired) electrons. The van der Waals surface area contributed by atoms with Crippen LogP contribution in [0.15, 0.2) is 80.7 Å². The van der Waals surface area contributed by atoms with Crippen LogP contribution >= 0.6 is 22.7 Å². The molecular formula is C48H68N4O14S2. The fourth-order valence-corrected chi connectivity index (χ4v) is 10.9. The molecule has 6 fully saturated rings. The zero-order chi connectivity index (χ0) is 48.5. The number of ether oxygens (including phenoxy) is 6. The van der Waals surface area contributed by atoms with Gasteiger partial charge in [-0.1, -0.05) is 12.1 Å². The van der Waals surface area contributed by atoms with Crippen LogP contribution in [-0.4, -0.2) is 162 Å². The van der Waals surface area contributed by atoms with Crippen molar-refractivity contribution < 1.29 is 75.6 Å². The topological polar surface area (TPSA) is 203 Å². The number of carbonyl (C=O) groups excluding carboxylic acids is 4. The first-order valence-electron chi connectivity index (χ1n) is 23.1. The number of carboxylic acid groups (broad SMARTS) is 2. The SMILES string of the molecule is COCCOCC[N+]12CCC(CC1)[C@@H](OC(=O)N(Cc1ccco1)Cc1cccs1)C2.COCCOCC[N+]12CCC(CC1)[C@@H](OC(=O)N(Cc1ccco1)Cc1cccs1)C2.O=C[O-].O=C[O-]. The average molecular weight is 989 g/mol. The van der Waals surface area contributed by atoms with Crippen LogP contribution in [0.2, 0.25) is 0 Å². The number of fused-ring (bicyclic) bond motifs is 6. The molecule has 0 spiro atoms. The van der Waals surface area contributed by atoms with Crippen LogP contribution in [0.3, 0.4) is 0 Å². The van der Waals surface area contributed by atoms with Crippen molar-refractivity contribution in [2.45, 2.75) is 64.1 Å². The number of hydrogen-bond acceptors (Lipinski definition) is 16. The molecule has 4 aromatic rings. The summed E-state index contributed by atoms with van der Waals surface area (Å²) in [6, 6.07) is 15.6. The fourth-order valence-electron chi connectivity index (χ4n) is 9.48. The van der Waals surface area contributed by atoms with Crippen molar-refractivity contribution in [2.75, 3.05) is 106 Å². The second-order valence-corrected chi connectivity index (χ2v) is 19.4. The molecule has 18 nitrogen and oxygen atoms in total. The minimum Gasteiger partial charge on any atom is -0.554 e. The summed E-state index contributed by atoms with van der Waals surface area (Å²) in [5.74, 6) is 2.45. The number of methoxy groups -OCH3 is 2. The van der Waals surface area contributed by atoms with Gasteiger partial charge in [0, 0.05) is 74.4 Å². The number of furan rings is 2. The second kappa shape index (κ2) is 29.3. The van der Waals surface area contributed by atoms with Gasteiger partial charge in [0.2, 0.25) is 0 Å². The summed E-state index contributed by atoms with van der Waals surface area (Å²) < 4.78 is 46.8. The molecule has 10 rings (SSSR count). The third kappa shape index (κ3) is 17.3. The Morgan fingerprint density at radius 1 is 0.618 bits per heavy atom. The molecule has 0 saturated carbocycles. The van der Waals surface area contributed by atoms with Gasteiger partial charge in [-0.05, 0) is 47.2 Å². The van der Waals surface area contributed by atoms with Gasteiger partial charge in [-0.15, -0.1) is 22.7 Å². The van der Waals surface area contributed by atoms with Crippen LogP contribution in [0, 0.1) is 11.8 Å². The van der Waals surface area contributed by atoms with Gasteiger partial charge in [0.05, 0.1) is 105 Å². The van der Waals surface area contributed by atoms with E-state index in [-0.39, 0.29) is 24.4 Å². The largest absolute Gasteiger partial charge is 0.554 e. The lowest BCUT2D eigenvalue weighted by Gasteiger charge is -2.52. The fraction of sp³-hybridized carbons (Fsp3) is 0.583. The van der Waals surface area contributed by atoms with Crippen molar-refractivity contribution in [2.24, 2.45) is 11.8 Å². The van der Waals surface area contributed by atoms with E-state index >= 15 is 0 Å². The molecule has 6 aliphatic rings. The molecular weight excluding hydrogens is 921 g/mol. The van der Waals surface area contributed by atoms with Gasteiger partial charge >= 0.3 is 12.2 Å². The van der Waals surface area contributed by atoms with Crippen LogP contribution in [0.5, 0.6) is 0 Å². The first kappa shape index (κ1) is 54.1. The number of hydrogen-bond donors (Lipinski definition) is 0. The zero-order valence-electron chi connectivity index (χ0n) is 39.3. The summed E-state index contributed by atoms with van der Waals surface area (Å²) in [5.41, 5.74) is 0. The number of nitrogens with zero attached hydrogens (tertiary/aromatic N) is 4. The highest BCUT2D eigenvalue weighted by atomic mass is 32.1. The van der Waals surface area contributed by atoms with E-state index < -0.39 is 12.9 Å². The van der Waals surface area contributed by atoms with E-state index in [1.807, 2.05) is 59.3 Å². The van der Waals surface area contributed by atoms with Crippen LogP contribution in [0.4, 0.5) is 9.59 Å². The molecule has 4 bridgehead atoms. The summed E-state index contributed by atoms with van der Waals surface area (Å²) in [4.78, 5) is 48.7. The maximum absolute atomic E-state index is 13.2. The molecule has 20 heteroatoms. The Labute approximate surface area is 407 Å². The second-order valence-electron chi connectivity index (χ2n) is 17.3. The van der Waals surface area contributed by atoms with Crippen LogP contribution in [0.25, 0.3) is 0 Å². The molecule has 0 aromatic carbocycles. The van der Waals surface area contributed by atoms with Crippen molar-refractivity contribution in [1.29, 1.82) is 0 Å². The smallest absolute Gasteiger partial charge is 0.411 e. The van der Waals surface area contributed by atoms with Gasteiger partial charge in [0.25, 0.3) is 0 Å². The van der Waals surface area contributed by atoms with Gasteiger partial charge in [-0.25, -0.2) is 9.59 Å². The Morgan fingerprint density at radius 3 is 1.34 bits per heavy atom. The summed E-state index contributed by atoms with van der Waals surface area (Å²) in [6.07, 6.45) is 7.15. The number of carbonyl (C=O) groups is 4. The van der Waals surface area contributed by atoms with Crippen molar-refractivity contribution in [1.82, 2.24) is 9.80 Å². The molecule has 4 aromatic heterocycles. The lowest BCUT2D eigenvalue weighted by atomic mass is 9.83. The predicted octanol–water partition coefficient (Wildman–Crippen LogP) is 4.24. The van der Waals surface area contributed by atoms with Gasteiger partial charge in [0.1, 0.15) is 37.7 Å². The van der Waals surface area contributed by atoms with Crippen LogP contribution in [0.1, 0.15) is 47.0 Å². The van der Waals surface area contributed by atoms with Gasteiger partial charge in [-0.2, -0.15) is 0 Å². The van der Waals surface area contributed by atoms with Gasteiger partial charge < -0.3 is 66.0 Å². The molecule has 2 amide bonds. The van der Waals surface area contributed by atoms with E-state index in [0.29, 0.717) is 64.4 Å².